The number of aromatic amines is 1. The van der Waals surface area contributed by atoms with Gasteiger partial charge in [-0.3, -0.25) is 9.89 Å². The van der Waals surface area contributed by atoms with Crippen LogP contribution in [0.2, 0.25) is 0 Å². The Kier molecular flexibility index (Phi) is 3.74. The molecule has 0 bridgehead atoms. The van der Waals surface area contributed by atoms with Crippen molar-refractivity contribution in [2.24, 2.45) is 0 Å². The standard InChI is InChI=1S/C18H15N3O4/c22-15-4-2-1-3-12(15)13-8-14(21-20-13)18(23)19-9-11-5-6-16-17(7-11)25-10-24-16/h1-8,22H,9-10H2,(H,19,23)(H,20,21). The highest BCUT2D eigenvalue weighted by Gasteiger charge is 2.15. The second-order valence-corrected chi connectivity index (χ2v) is 5.55. The molecule has 4 rings (SSSR count). The maximum Gasteiger partial charge on any atom is 0.269 e. The third-order valence-electron chi connectivity index (χ3n) is 3.89. The zero-order valence-corrected chi connectivity index (χ0v) is 13.2. The number of H-pyrrole nitrogens is 1. The van der Waals surface area contributed by atoms with Crippen LogP contribution >= 0.6 is 0 Å². The van der Waals surface area contributed by atoms with E-state index in [0.717, 1.165) is 5.56 Å². The van der Waals surface area contributed by atoms with Crippen LogP contribution in [0.25, 0.3) is 11.3 Å². The van der Waals surface area contributed by atoms with E-state index < -0.39 is 0 Å². The molecule has 1 aliphatic heterocycles. The first-order chi connectivity index (χ1) is 12.2. The van der Waals surface area contributed by atoms with Gasteiger partial charge in [0.25, 0.3) is 5.91 Å². The zero-order chi connectivity index (χ0) is 17.2. The Morgan fingerprint density at radius 1 is 1.16 bits per heavy atom. The second kappa shape index (κ2) is 6.20. The molecule has 25 heavy (non-hydrogen) atoms. The van der Waals surface area contributed by atoms with E-state index >= 15 is 0 Å². The largest absolute Gasteiger partial charge is 0.507 e. The van der Waals surface area contributed by atoms with Crippen LogP contribution in [0.3, 0.4) is 0 Å². The van der Waals surface area contributed by atoms with Gasteiger partial charge in [0, 0.05) is 12.1 Å². The summed E-state index contributed by atoms with van der Waals surface area (Å²) < 4.78 is 10.6. The fourth-order valence-electron chi connectivity index (χ4n) is 2.59. The third-order valence-corrected chi connectivity index (χ3v) is 3.89. The van der Waals surface area contributed by atoms with Gasteiger partial charge < -0.3 is 19.9 Å². The van der Waals surface area contributed by atoms with Crippen molar-refractivity contribution in [1.82, 2.24) is 15.5 Å². The molecule has 1 aromatic heterocycles. The Balaban J connectivity index is 1.44. The predicted molar refractivity (Wildman–Crippen MR) is 89.4 cm³/mol. The number of amides is 1. The first kappa shape index (κ1) is 15.1. The monoisotopic (exact) mass is 337 g/mol. The fourth-order valence-corrected chi connectivity index (χ4v) is 2.59. The van der Waals surface area contributed by atoms with Crippen LogP contribution in [0, 0.1) is 0 Å². The summed E-state index contributed by atoms with van der Waals surface area (Å²) in [5.41, 5.74) is 2.29. The molecule has 3 aromatic rings. The summed E-state index contributed by atoms with van der Waals surface area (Å²) in [5, 5.41) is 19.5. The van der Waals surface area contributed by atoms with Gasteiger partial charge in [0.2, 0.25) is 6.79 Å². The number of nitrogens with zero attached hydrogens (tertiary/aromatic N) is 1. The summed E-state index contributed by atoms with van der Waals surface area (Å²) in [6, 6.07) is 14.0. The summed E-state index contributed by atoms with van der Waals surface area (Å²) in [5.74, 6) is 1.21. The average molecular weight is 337 g/mol. The quantitative estimate of drug-likeness (QED) is 0.679. The Morgan fingerprint density at radius 3 is 2.88 bits per heavy atom. The minimum atomic E-state index is -0.285. The minimum absolute atomic E-state index is 0.112. The molecule has 0 unspecified atom stereocenters. The topological polar surface area (TPSA) is 96.5 Å². The van der Waals surface area contributed by atoms with Gasteiger partial charge >= 0.3 is 0 Å². The van der Waals surface area contributed by atoms with Crippen molar-refractivity contribution in [3.63, 3.8) is 0 Å². The van der Waals surface area contributed by atoms with Crippen molar-refractivity contribution in [2.45, 2.75) is 6.54 Å². The summed E-state index contributed by atoms with van der Waals surface area (Å²) in [6.07, 6.45) is 0. The third kappa shape index (κ3) is 2.99. The molecule has 1 amide bonds. The van der Waals surface area contributed by atoms with Crippen molar-refractivity contribution in [2.75, 3.05) is 6.79 Å². The first-order valence-electron chi connectivity index (χ1n) is 7.71. The number of rotatable bonds is 4. The van der Waals surface area contributed by atoms with E-state index in [1.807, 2.05) is 18.2 Å². The van der Waals surface area contributed by atoms with Crippen LogP contribution < -0.4 is 14.8 Å². The number of carbonyl (C=O) groups is 1. The molecular weight excluding hydrogens is 322 g/mol. The molecule has 0 radical (unpaired) electrons. The van der Waals surface area contributed by atoms with E-state index in [9.17, 15) is 9.90 Å². The summed E-state index contributed by atoms with van der Waals surface area (Å²) >= 11 is 0. The smallest absolute Gasteiger partial charge is 0.269 e. The number of aromatic hydroxyl groups is 1. The molecule has 7 nitrogen and oxygen atoms in total. The highest BCUT2D eigenvalue weighted by Crippen LogP contribution is 2.32. The lowest BCUT2D eigenvalue weighted by molar-refractivity contribution is 0.0946. The molecule has 0 aliphatic carbocycles. The molecule has 0 spiro atoms. The van der Waals surface area contributed by atoms with Crippen LogP contribution in [-0.2, 0) is 6.54 Å². The number of para-hydroxylation sites is 1. The average Bonchev–Trinajstić information content (AvgIpc) is 3.29. The lowest BCUT2D eigenvalue weighted by atomic mass is 10.1. The van der Waals surface area contributed by atoms with E-state index in [0.29, 0.717) is 35.0 Å². The van der Waals surface area contributed by atoms with Crippen LogP contribution in [-0.4, -0.2) is 28.0 Å². The first-order valence-corrected chi connectivity index (χ1v) is 7.71. The molecule has 1 aliphatic rings. The predicted octanol–water partition coefficient (Wildman–Crippen LogP) is 2.44. The van der Waals surface area contributed by atoms with Crippen molar-refractivity contribution >= 4 is 5.91 Å². The van der Waals surface area contributed by atoms with Gasteiger partial charge in [-0.1, -0.05) is 18.2 Å². The molecule has 0 atom stereocenters. The maximum absolute atomic E-state index is 12.3. The number of carbonyl (C=O) groups excluding carboxylic acids is 1. The zero-order valence-electron chi connectivity index (χ0n) is 13.2. The minimum Gasteiger partial charge on any atom is -0.507 e. The lowest BCUT2D eigenvalue weighted by Gasteiger charge is -2.05. The van der Waals surface area contributed by atoms with E-state index in [1.54, 1.807) is 30.3 Å². The summed E-state index contributed by atoms with van der Waals surface area (Å²) in [6.45, 7) is 0.564. The van der Waals surface area contributed by atoms with E-state index in [4.69, 9.17) is 9.47 Å². The van der Waals surface area contributed by atoms with E-state index in [1.165, 1.54) is 0 Å². The van der Waals surface area contributed by atoms with E-state index in [-0.39, 0.29) is 18.4 Å². The number of benzene rings is 2. The maximum atomic E-state index is 12.3. The van der Waals surface area contributed by atoms with Gasteiger partial charge in [-0.05, 0) is 35.9 Å². The number of aromatic nitrogens is 2. The molecular formula is C18H15N3O4. The summed E-state index contributed by atoms with van der Waals surface area (Å²) in [4.78, 5) is 12.3. The van der Waals surface area contributed by atoms with Crippen LogP contribution in [0.15, 0.2) is 48.5 Å². The van der Waals surface area contributed by atoms with Crippen molar-refractivity contribution < 1.29 is 19.4 Å². The highest BCUT2D eigenvalue weighted by molar-refractivity contribution is 5.93. The number of ether oxygens (including phenoxy) is 2. The van der Waals surface area contributed by atoms with Gasteiger partial charge in [-0.2, -0.15) is 5.10 Å². The number of nitrogens with one attached hydrogen (secondary N) is 2. The Bertz CT molecular complexity index is 936. The molecule has 2 aromatic carbocycles. The Morgan fingerprint density at radius 2 is 2.00 bits per heavy atom. The Hall–Kier alpha value is -3.48. The molecule has 7 heteroatoms. The number of phenols is 1. The fraction of sp³-hybridized carbons (Fsp3) is 0.111. The van der Waals surface area contributed by atoms with E-state index in [2.05, 4.69) is 15.5 Å². The van der Waals surface area contributed by atoms with Crippen molar-refractivity contribution in [1.29, 1.82) is 0 Å². The van der Waals surface area contributed by atoms with Gasteiger partial charge in [-0.15, -0.1) is 0 Å². The second-order valence-electron chi connectivity index (χ2n) is 5.55. The molecule has 3 N–H and O–H groups in total. The molecule has 0 saturated carbocycles. The van der Waals surface area contributed by atoms with Crippen LogP contribution in [0.1, 0.15) is 16.1 Å². The SMILES string of the molecule is O=C(NCc1ccc2c(c1)OCO2)c1cc(-c2ccccc2O)n[nH]1. The number of hydrogen-bond acceptors (Lipinski definition) is 5. The molecule has 126 valence electrons. The highest BCUT2D eigenvalue weighted by atomic mass is 16.7. The van der Waals surface area contributed by atoms with Crippen molar-refractivity contribution in [3.8, 4) is 28.5 Å². The summed E-state index contributed by atoms with van der Waals surface area (Å²) in [7, 11) is 0. The molecule has 2 heterocycles. The normalized spacial score (nSPS) is 12.2. The van der Waals surface area contributed by atoms with Crippen LogP contribution in [0.4, 0.5) is 0 Å². The van der Waals surface area contributed by atoms with Gasteiger partial charge in [0.1, 0.15) is 11.4 Å². The lowest BCUT2D eigenvalue weighted by Crippen LogP contribution is -2.23. The van der Waals surface area contributed by atoms with Gasteiger partial charge in [0.15, 0.2) is 11.5 Å². The number of hydrogen-bond donors (Lipinski definition) is 3. The number of phenolic OH excluding ortho intramolecular Hbond substituents is 1. The van der Waals surface area contributed by atoms with Gasteiger partial charge in [0.05, 0.1) is 5.69 Å². The van der Waals surface area contributed by atoms with Crippen LogP contribution in [0.5, 0.6) is 17.2 Å². The number of fused-ring (bicyclic) bond motifs is 1. The molecule has 0 saturated heterocycles. The molecule has 0 fully saturated rings. The van der Waals surface area contributed by atoms with Gasteiger partial charge in [-0.25, -0.2) is 0 Å². The van der Waals surface area contributed by atoms with Crippen molar-refractivity contribution in [3.05, 3.63) is 59.8 Å². The Labute approximate surface area is 143 Å².